The summed E-state index contributed by atoms with van der Waals surface area (Å²) >= 11 is 5.53. The van der Waals surface area contributed by atoms with Crippen LogP contribution in [0.1, 0.15) is 77.3 Å². The topological polar surface area (TPSA) is 79.9 Å². The Morgan fingerprint density at radius 2 is 1.74 bits per heavy atom. The van der Waals surface area contributed by atoms with Crippen LogP contribution in [-0.2, 0) is 19.1 Å². The highest BCUT2D eigenvalue weighted by molar-refractivity contribution is 7.80. The van der Waals surface area contributed by atoms with Crippen LogP contribution in [0.15, 0.2) is 35.5 Å². The zero-order valence-corrected chi connectivity index (χ0v) is 21.8. The van der Waals surface area contributed by atoms with E-state index in [1.165, 1.54) is 25.7 Å². The fourth-order valence-corrected chi connectivity index (χ4v) is 4.40. The lowest BCUT2D eigenvalue weighted by Crippen LogP contribution is -2.47. The van der Waals surface area contributed by atoms with Gasteiger partial charge in [-0.2, -0.15) is 0 Å². The van der Waals surface area contributed by atoms with Gasteiger partial charge in [0.05, 0.1) is 18.2 Å². The van der Waals surface area contributed by atoms with E-state index in [0.29, 0.717) is 30.3 Å². The summed E-state index contributed by atoms with van der Waals surface area (Å²) in [7, 11) is 1.56. The Labute approximate surface area is 209 Å². The van der Waals surface area contributed by atoms with Crippen LogP contribution >= 0.6 is 12.2 Å². The molecule has 1 aliphatic rings. The van der Waals surface area contributed by atoms with Crippen molar-refractivity contribution in [3.05, 3.63) is 41.1 Å². The van der Waals surface area contributed by atoms with E-state index in [0.717, 1.165) is 29.8 Å². The number of hydrogen-bond donors (Lipinski definition) is 2. The number of thiocarbonyl (C=S) groups is 1. The fourth-order valence-electron chi connectivity index (χ4n) is 4.02. The van der Waals surface area contributed by atoms with Crippen molar-refractivity contribution < 1.29 is 19.1 Å². The first kappa shape index (κ1) is 27.8. The smallest absolute Gasteiger partial charge is 0.338 e. The molecule has 0 bridgehead atoms. The molecule has 7 nitrogen and oxygen atoms in total. The number of esters is 1. The van der Waals surface area contributed by atoms with Crippen LogP contribution < -0.4 is 10.6 Å². The number of benzene rings is 1. The highest BCUT2D eigenvalue weighted by atomic mass is 32.1. The number of nitrogens with zero attached hydrogens (tertiary/aromatic N) is 1. The number of ether oxygens (including phenoxy) is 2. The van der Waals surface area contributed by atoms with Crippen molar-refractivity contribution in [2.75, 3.05) is 32.2 Å². The molecule has 1 aromatic carbocycles. The van der Waals surface area contributed by atoms with Crippen molar-refractivity contribution in [2.24, 2.45) is 0 Å². The van der Waals surface area contributed by atoms with E-state index >= 15 is 0 Å². The summed E-state index contributed by atoms with van der Waals surface area (Å²) in [6.45, 7) is 7.22. The summed E-state index contributed by atoms with van der Waals surface area (Å²) < 4.78 is 10.4. The van der Waals surface area contributed by atoms with Gasteiger partial charge >= 0.3 is 5.97 Å². The Balaban J connectivity index is 2.06. The summed E-state index contributed by atoms with van der Waals surface area (Å²) in [6.07, 6.45) is 7.43. The Bertz CT molecular complexity index is 854. The number of unbranched alkanes of at least 4 members (excludes halogenated alkanes) is 5. The zero-order chi connectivity index (χ0) is 24.9. The second-order valence-electron chi connectivity index (χ2n) is 8.44. The molecule has 1 heterocycles. The molecule has 34 heavy (non-hydrogen) atoms. The largest absolute Gasteiger partial charge is 0.460 e. The molecule has 8 heteroatoms. The van der Waals surface area contributed by atoms with E-state index in [1.807, 2.05) is 43.0 Å². The molecule has 0 saturated heterocycles. The van der Waals surface area contributed by atoms with Gasteiger partial charge in [-0.3, -0.25) is 4.79 Å². The maximum Gasteiger partial charge on any atom is 0.338 e. The van der Waals surface area contributed by atoms with Crippen LogP contribution in [0.25, 0.3) is 0 Å². The molecule has 0 aromatic heterocycles. The van der Waals surface area contributed by atoms with E-state index in [1.54, 1.807) is 7.11 Å². The number of carbonyl (C=O) groups excluding carboxylic acids is 2. The number of methoxy groups -OCH3 is 1. The first-order chi connectivity index (χ1) is 16.4. The SMILES string of the molecule is CCCCCCCCC(=O)Nc1ccc(C2NC(=S)N(CC)C(C)=C2C(=O)OCCOC)cc1. The van der Waals surface area contributed by atoms with Crippen LogP contribution in [0.4, 0.5) is 5.69 Å². The monoisotopic (exact) mass is 489 g/mol. The molecule has 0 aliphatic carbocycles. The third-order valence-electron chi connectivity index (χ3n) is 5.94. The quantitative estimate of drug-likeness (QED) is 0.214. The number of rotatable bonds is 14. The van der Waals surface area contributed by atoms with Crippen LogP contribution in [0, 0.1) is 0 Å². The minimum atomic E-state index is -0.432. The molecule has 1 unspecified atom stereocenters. The van der Waals surface area contributed by atoms with E-state index in [-0.39, 0.29) is 12.5 Å². The number of hydrogen-bond acceptors (Lipinski definition) is 5. The highest BCUT2D eigenvalue weighted by Crippen LogP contribution is 2.32. The molecule has 0 radical (unpaired) electrons. The van der Waals surface area contributed by atoms with E-state index in [9.17, 15) is 9.59 Å². The van der Waals surface area contributed by atoms with Crippen molar-refractivity contribution in [1.82, 2.24) is 10.2 Å². The summed E-state index contributed by atoms with van der Waals surface area (Å²) in [5.41, 5.74) is 2.89. The highest BCUT2D eigenvalue weighted by Gasteiger charge is 2.34. The minimum Gasteiger partial charge on any atom is -0.460 e. The predicted octanol–water partition coefficient (Wildman–Crippen LogP) is 5.09. The predicted molar refractivity (Wildman–Crippen MR) is 139 cm³/mol. The maximum atomic E-state index is 12.9. The molecule has 0 fully saturated rings. The average molecular weight is 490 g/mol. The number of allylic oxidation sites excluding steroid dienone is 1. The van der Waals surface area contributed by atoms with Gasteiger partial charge in [-0.1, -0.05) is 51.2 Å². The lowest BCUT2D eigenvalue weighted by atomic mass is 9.95. The number of amides is 1. The molecule has 1 aromatic rings. The van der Waals surface area contributed by atoms with Gasteiger partial charge in [0.2, 0.25) is 5.91 Å². The average Bonchev–Trinajstić information content (AvgIpc) is 2.82. The van der Waals surface area contributed by atoms with E-state index in [4.69, 9.17) is 21.7 Å². The van der Waals surface area contributed by atoms with E-state index in [2.05, 4.69) is 17.6 Å². The Morgan fingerprint density at radius 1 is 1.06 bits per heavy atom. The first-order valence-electron chi connectivity index (χ1n) is 12.3. The lowest BCUT2D eigenvalue weighted by molar-refractivity contribution is -0.140. The van der Waals surface area contributed by atoms with Gasteiger partial charge in [-0.15, -0.1) is 0 Å². The molecule has 188 valence electrons. The lowest BCUT2D eigenvalue weighted by Gasteiger charge is -2.37. The van der Waals surface area contributed by atoms with Gasteiger partial charge in [-0.05, 0) is 50.2 Å². The van der Waals surface area contributed by atoms with E-state index < -0.39 is 12.0 Å². The molecule has 1 amide bonds. The summed E-state index contributed by atoms with van der Waals surface area (Å²) in [5, 5.41) is 6.80. The molecule has 1 atom stereocenters. The number of anilines is 1. The number of nitrogens with one attached hydrogen (secondary N) is 2. The Morgan fingerprint density at radius 3 is 2.38 bits per heavy atom. The van der Waals surface area contributed by atoms with Gasteiger partial charge in [0.1, 0.15) is 6.61 Å². The third-order valence-corrected chi connectivity index (χ3v) is 6.28. The van der Waals surface area contributed by atoms with Crippen LogP contribution in [0.3, 0.4) is 0 Å². The summed E-state index contributed by atoms with van der Waals surface area (Å²) in [6, 6.07) is 7.08. The van der Waals surface area contributed by atoms with Crippen LogP contribution in [0.5, 0.6) is 0 Å². The van der Waals surface area contributed by atoms with Crippen molar-refractivity contribution in [3.63, 3.8) is 0 Å². The maximum absolute atomic E-state index is 12.9. The van der Waals surface area contributed by atoms with Crippen molar-refractivity contribution in [1.29, 1.82) is 0 Å². The van der Waals surface area contributed by atoms with Gasteiger partial charge in [0, 0.05) is 31.5 Å². The van der Waals surface area contributed by atoms with Crippen LogP contribution in [0.2, 0.25) is 0 Å². The normalized spacial score (nSPS) is 15.8. The molecule has 2 rings (SSSR count). The molecular formula is C26H39N3O4S. The first-order valence-corrected chi connectivity index (χ1v) is 12.7. The van der Waals surface area contributed by atoms with Crippen LogP contribution in [-0.4, -0.2) is 48.8 Å². The van der Waals surface area contributed by atoms with Gasteiger partial charge in [0.15, 0.2) is 5.11 Å². The third kappa shape index (κ3) is 8.09. The molecule has 1 aliphatic heterocycles. The van der Waals surface area contributed by atoms with Gasteiger partial charge in [0.25, 0.3) is 0 Å². The number of carbonyl (C=O) groups is 2. The van der Waals surface area contributed by atoms with Crippen molar-refractivity contribution in [2.45, 2.75) is 71.8 Å². The molecule has 0 saturated carbocycles. The molecule has 2 N–H and O–H groups in total. The minimum absolute atomic E-state index is 0.0250. The van der Waals surface area contributed by atoms with Gasteiger partial charge < -0.3 is 25.0 Å². The summed E-state index contributed by atoms with van der Waals surface area (Å²) in [4.78, 5) is 27.1. The van der Waals surface area contributed by atoms with Crippen molar-refractivity contribution >= 4 is 34.9 Å². The second-order valence-corrected chi connectivity index (χ2v) is 8.83. The molecule has 0 spiro atoms. The standard InChI is InChI=1S/C26H39N3O4S/c1-5-7-8-9-10-11-12-22(30)27-21-15-13-20(14-16-21)24-23(25(31)33-18-17-32-4)19(3)29(6-2)26(34)28-24/h13-16,24H,5-12,17-18H2,1-4H3,(H,27,30)(H,28,34). The van der Waals surface area contributed by atoms with Gasteiger partial charge in [-0.25, -0.2) is 4.79 Å². The fraction of sp³-hybridized carbons (Fsp3) is 0.577. The molecular weight excluding hydrogens is 450 g/mol. The summed E-state index contributed by atoms with van der Waals surface area (Å²) in [5.74, 6) is -0.374. The zero-order valence-electron chi connectivity index (χ0n) is 20.9. The Kier molecular flexibility index (Phi) is 12.0. The second kappa shape index (κ2) is 14.7. The van der Waals surface area contributed by atoms with Crippen molar-refractivity contribution in [3.8, 4) is 0 Å². The Hall–Kier alpha value is -2.45.